The molecular weight excluding hydrogens is 709 g/mol. The molecule has 0 aliphatic carbocycles. The highest BCUT2D eigenvalue weighted by atomic mass is 16.6. The monoisotopic (exact) mass is 807 g/mol. The highest BCUT2D eigenvalue weighted by Gasteiger charge is 2.19. The molecule has 0 rings (SSSR count). The van der Waals surface area contributed by atoms with Crippen LogP contribution < -0.4 is 0 Å². The van der Waals surface area contributed by atoms with E-state index < -0.39 is 6.10 Å². The molecule has 0 fully saturated rings. The van der Waals surface area contributed by atoms with Crippen LogP contribution in [0.25, 0.3) is 0 Å². The van der Waals surface area contributed by atoms with E-state index in [-0.39, 0.29) is 31.1 Å². The van der Waals surface area contributed by atoms with Gasteiger partial charge in [-0.15, -0.1) is 0 Å². The van der Waals surface area contributed by atoms with Gasteiger partial charge in [-0.05, 0) is 25.2 Å². The number of esters is 3. The Morgan fingerprint density at radius 2 is 0.579 bits per heavy atom. The molecule has 0 aromatic heterocycles. The van der Waals surface area contributed by atoms with Crippen LogP contribution in [-0.4, -0.2) is 37.2 Å². The molecule has 0 aliphatic heterocycles. The molecule has 0 aromatic rings. The Kier molecular flexibility index (Phi) is 44.2. The lowest BCUT2D eigenvalue weighted by Gasteiger charge is -2.18. The van der Waals surface area contributed by atoms with Crippen LogP contribution in [0.5, 0.6) is 0 Å². The summed E-state index contributed by atoms with van der Waals surface area (Å²) < 4.78 is 16.8. The lowest BCUT2D eigenvalue weighted by molar-refractivity contribution is -0.167. The maximum absolute atomic E-state index is 12.7. The molecule has 0 amide bonds. The molecule has 0 N–H and O–H groups in total. The van der Waals surface area contributed by atoms with Crippen LogP contribution in [0, 0.1) is 5.92 Å². The van der Waals surface area contributed by atoms with E-state index in [1.54, 1.807) is 0 Å². The van der Waals surface area contributed by atoms with Crippen molar-refractivity contribution < 1.29 is 28.6 Å². The Morgan fingerprint density at radius 3 is 0.860 bits per heavy atom. The van der Waals surface area contributed by atoms with Crippen molar-refractivity contribution >= 4 is 17.9 Å². The van der Waals surface area contributed by atoms with E-state index in [2.05, 4.69) is 27.7 Å². The number of hydrogen-bond acceptors (Lipinski definition) is 6. The first-order valence-corrected chi connectivity index (χ1v) is 25.4. The molecule has 0 aliphatic rings. The van der Waals surface area contributed by atoms with E-state index in [0.29, 0.717) is 19.3 Å². The minimum Gasteiger partial charge on any atom is -0.462 e. The molecule has 0 bridgehead atoms. The van der Waals surface area contributed by atoms with Gasteiger partial charge in [0, 0.05) is 19.3 Å². The van der Waals surface area contributed by atoms with Gasteiger partial charge in [0.2, 0.25) is 0 Å². The van der Waals surface area contributed by atoms with Gasteiger partial charge in [0.05, 0.1) is 0 Å². The smallest absolute Gasteiger partial charge is 0.306 e. The number of rotatable bonds is 46. The van der Waals surface area contributed by atoms with E-state index in [1.165, 1.54) is 180 Å². The summed E-state index contributed by atoms with van der Waals surface area (Å²) in [7, 11) is 0. The standard InChI is InChI=1S/C51H98O6/c1-5-7-9-11-13-15-17-19-20-21-22-23-25-26-30-34-38-42-49(52)55-45-48(46-56-50(53)43-39-35-32-28-29-33-37-41-47(3)4)57-51(54)44-40-36-31-27-24-18-16-14-12-10-8-6-2/h47-48H,5-46H2,1-4H3/t48-/m0/s1. The van der Waals surface area contributed by atoms with E-state index in [0.717, 1.165) is 63.7 Å². The van der Waals surface area contributed by atoms with Crippen molar-refractivity contribution in [3.05, 3.63) is 0 Å². The number of unbranched alkanes of at least 4 members (excludes halogenated alkanes) is 33. The fourth-order valence-electron chi connectivity index (χ4n) is 7.69. The van der Waals surface area contributed by atoms with Crippen LogP contribution in [0.1, 0.15) is 285 Å². The minimum absolute atomic E-state index is 0.0634. The zero-order valence-corrected chi connectivity index (χ0v) is 38.8. The number of carbonyl (C=O) groups is 3. The van der Waals surface area contributed by atoms with Crippen LogP contribution in [-0.2, 0) is 28.6 Å². The summed E-state index contributed by atoms with van der Waals surface area (Å²) in [6.45, 7) is 8.97. The van der Waals surface area contributed by atoms with Gasteiger partial charge >= 0.3 is 17.9 Å². The molecule has 0 aromatic carbocycles. The Balaban J connectivity index is 4.26. The Labute approximate surface area is 355 Å². The fraction of sp³-hybridized carbons (Fsp3) is 0.941. The molecular formula is C51H98O6. The highest BCUT2D eigenvalue weighted by molar-refractivity contribution is 5.71. The molecule has 0 radical (unpaired) electrons. The third-order valence-electron chi connectivity index (χ3n) is 11.5. The first kappa shape index (κ1) is 55.4. The second-order valence-electron chi connectivity index (χ2n) is 17.9. The van der Waals surface area contributed by atoms with E-state index in [1.807, 2.05) is 0 Å². The van der Waals surface area contributed by atoms with Crippen molar-refractivity contribution in [2.45, 2.75) is 291 Å². The lowest BCUT2D eigenvalue weighted by Crippen LogP contribution is -2.30. The highest BCUT2D eigenvalue weighted by Crippen LogP contribution is 2.17. The quantitative estimate of drug-likeness (QED) is 0.0346. The second kappa shape index (κ2) is 45.5. The van der Waals surface area contributed by atoms with Crippen LogP contribution >= 0.6 is 0 Å². The zero-order chi connectivity index (χ0) is 41.7. The Bertz CT molecular complexity index is 857. The fourth-order valence-corrected chi connectivity index (χ4v) is 7.69. The summed E-state index contributed by atoms with van der Waals surface area (Å²) in [6, 6.07) is 0. The summed E-state index contributed by atoms with van der Waals surface area (Å²) in [5.74, 6) is -0.0678. The summed E-state index contributed by atoms with van der Waals surface area (Å²) in [5, 5.41) is 0. The summed E-state index contributed by atoms with van der Waals surface area (Å²) >= 11 is 0. The number of ether oxygens (including phenoxy) is 3. The van der Waals surface area contributed by atoms with Crippen LogP contribution in [0.15, 0.2) is 0 Å². The topological polar surface area (TPSA) is 78.9 Å². The van der Waals surface area contributed by atoms with E-state index >= 15 is 0 Å². The lowest BCUT2D eigenvalue weighted by atomic mass is 10.0. The summed E-state index contributed by atoms with van der Waals surface area (Å²) in [5.41, 5.74) is 0. The predicted octanol–water partition coefficient (Wildman–Crippen LogP) is 16.3. The van der Waals surface area contributed by atoms with Gasteiger partial charge in [-0.3, -0.25) is 14.4 Å². The molecule has 0 unspecified atom stereocenters. The second-order valence-corrected chi connectivity index (χ2v) is 17.9. The normalized spacial score (nSPS) is 11.9. The van der Waals surface area contributed by atoms with E-state index in [9.17, 15) is 14.4 Å². The van der Waals surface area contributed by atoms with Crippen molar-refractivity contribution in [3.8, 4) is 0 Å². The molecule has 0 saturated heterocycles. The molecule has 57 heavy (non-hydrogen) atoms. The molecule has 0 heterocycles. The molecule has 0 spiro atoms. The summed E-state index contributed by atoms with van der Waals surface area (Å²) in [4.78, 5) is 37.8. The van der Waals surface area contributed by atoms with Crippen molar-refractivity contribution in [2.75, 3.05) is 13.2 Å². The van der Waals surface area contributed by atoms with E-state index in [4.69, 9.17) is 14.2 Å². The van der Waals surface area contributed by atoms with Gasteiger partial charge in [0.25, 0.3) is 0 Å². The molecule has 0 saturated carbocycles. The summed E-state index contributed by atoms with van der Waals surface area (Å²) in [6.07, 6.45) is 46.7. The first-order valence-electron chi connectivity index (χ1n) is 25.4. The van der Waals surface area contributed by atoms with Crippen LogP contribution in [0.2, 0.25) is 0 Å². The maximum atomic E-state index is 12.7. The average Bonchev–Trinajstić information content (AvgIpc) is 3.19. The number of hydrogen-bond donors (Lipinski definition) is 0. The average molecular weight is 807 g/mol. The third kappa shape index (κ3) is 45.3. The van der Waals surface area contributed by atoms with Gasteiger partial charge in [-0.25, -0.2) is 0 Å². The minimum atomic E-state index is -0.760. The Morgan fingerprint density at radius 1 is 0.333 bits per heavy atom. The third-order valence-corrected chi connectivity index (χ3v) is 11.5. The molecule has 6 heteroatoms. The molecule has 6 nitrogen and oxygen atoms in total. The molecule has 338 valence electrons. The van der Waals surface area contributed by atoms with Gasteiger partial charge in [-0.2, -0.15) is 0 Å². The number of carbonyl (C=O) groups excluding carboxylic acids is 3. The van der Waals surface area contributed by atoms with Crippen LogP contribution in [0.4, 0.5) is 0 Å². The maximum Gasteiger partial charge on any atom is 0.306 e. The predicted molar refractivity (Wildman–Crippen MR) is 243 cm³/mol. The largest absolute Gasteiger partial charge is 0.462 e. The van der Waals surface area contributed by atoms with Gasteiger partial charge in [0.1, 0.15) is 13.2 Å². The van der Waals surface area contributed by atoms with Gasteiger partial charge in [-0.1, -0.05) is 246 Å². The van der Waals surface area contributed by atoms with Gasteiger partial charge in [0.15, 0.2) is 6.10 Å². The van der Waals surface area contributed by atoms with Crippen LogP contribution in [0.3, 0.4) is 0 Å². The zero-order valence-electron chi connectivity index (χ0n) is 38.8. The Hall–Kier alpha value is -1.59. The van der Waals surface area contributed by atoms with Crippen molar-refractivity contribution in [1.82, 2.24) is 0 Å². The molecule has 1 atom stereocenters. The van der Waals surface area contributed by atoms with Crippen molar-refractivity contribution in [1.29, 1.82) is 0 Å². The van der Waals surface area contributed by atoms with Crippen molar-refractivity contribution in [2.24, 2.45) is 5.92 Å². The first-order chi connectivity index (χ1) is 27.9. The van der Waals surface area contributed by atoms with Crippen molar-refractivity contribution in [3.63, 3.8) is 0 Å². The van der Waals surface area contributed by atoms with Gasteiger partial charge < -0.3 is 14.2 Å². The SMILES string of the molecule is CCCCCCCCCCCCCCCCCCCC(=O)OC[C@@H](COC(=O)CCCCCCCCCC(C)C)OC(=O)CCCCCCCCCCCCCC.